The van der Waals surface area contributed by atoms with Crippen molar-refractivity contribution in [1.29, 1.82) is 0 Å². The third kappa shape index (κ3) is 6.22. The molecule has 2 rings (SSSR count). The number of esters is 1. The predicted molar refractivity (Wildman–Crippen MR) is 100 cm³/mol. The Labute approximate surface area is 157 Å². The molecule has 142 valence electrons. The lowest BCUT2D eigenvalue weighted by Crippen LogP contribution is -2.42. The molecule has 0 aliphatic heterocycles. The highest BCUT2D eigenvalue weighted by atomic mass is 16.6. The van der Waals surface area contributed by atoms with Gasteiger partial charge in [0.1, 0.15) is 12.6 Å². The molecule has 0 saturated carbocycles. The van der Waals surface area contributed by atoms with Crippen LogP contribution in [0.1, 0.15) is 36.2 Å². The summed E-state index contributed by atoms with van der Waals surface area (Å²) in [7, 11) is 0. The van der Waals surface area contributed by atoms with Gasteiger partial charge in [-0.05, 0) is 42.2 Å². The van der Waals surface area contributed by atoms with E-state index in [0.29, 0.717) is 17.5 Å². The second-order valence-electron chi connectivity index (χ2n) is 6.55. The summed E-state index contributed by atoms with van der Waals surface area (Å²) in [5.74, 6) is -0.696. The number of nitro groups is 1. The van der Waals surface area contributed by atoms with E-state index in [0.717, 1.165) is 0 Å². The number of non-ortho nitro benzene ring substituents is 1. The van der Waals surface area contributed by atoms with E-state index in [1.54, 1.807) is 30.3 Å². The summed E-state index contributed by atoms with van der Waals surface area (Å²) in [6.07, 6.45) is 0.442. The fraction of sp³-hybridized carbons (Fsp3) is 0.300. The molecule has 0 heterocycles. The van der Waals surface area contributed by atoms with Crippen LogP contribution in [0.5, 0.6) is 0 Å². The van der Waals surface area contributed by atoms with Crippen molar-refractivity contribution in [3.63, 3.8) is 0 Å². The van der Waals surface area contributed by atoms with Crippen molar-refractivity contribution in [2.75, 3.05) is 0 Å². The number of carbonyl (C=O) groups excluding carboxylic acids is 2. The second kappa shape index (κ2) is 9.47. The van der Waals surface area contributed by atoms with E-state index >= 15 is 0 Å². The zero-order valence-electron chi connectivity index (χ0n) is 15.3. The molecular weight excluding hydrogens is 348 g/mol. The molecule has 1 atom stereocenters. The van der Waals surface area contributed by atoms with Gasteiger partial charge < -0.3 is 10.1 Å². The standard InChI is InChI=1S/C20H22N2O5/c1-14(2)12-18(21-19(23)16-6-4-3-5-7-16)20(24)27-13-15-8-10-17(11-9-15)22(25)26/h3-11,14,18H,12-13H2,1-2H3,(H,21,23)/t18-/m1/s1. The van der Waals surface area contributed by atoms with Crippen LogP contribution in [-0.4, -0.2) is 22.8 Å². The number of nitrogens with one attached hydrogen (secondary N) is 1. The van der Waals surface area contributed by atoms with E-state index in [2.05, 4.69) is 5.32 Å². The lowest BCUT2D eigenvalue weighted by atomic mass is 10.0. The third-order valence-electron chi connectivity index (χ3n) is 3.86. The highest BCUT2D eigenvalue weighted by Crippen LogP contribution is 2.14. The van der Waals surface area contributed by atoms with Crippen LogP contribution in [0.3, 0.4) is 0 Å². The molecule has 0 aliphatic rings. The van der Waals surface area contributed by atoms with E-state index in [9.17, 15) is 19.7 Å². The number of hydrogen-bond donors (Lipinski definition) is 1. The van der Waals surface area contributed by atoms with Crippen LogP contribution in [-0.2, 0) is 16.1 Å². The molecule has 0 unspecified atom stereocenters. The topological polar surface area (TPSA) is 98.5 Å². The molecule has 7 nitrogen and oxygen atoms in total. The van der Waals surface area contributed by atoms with Gasteiger partial charge >= 0.3 is 5.97 Å². The number of ether oxygens (including phenoxy) is 1. The van der Waals surface area contributed by atoms with Crippen LogP contribution in [0.25, 0.3) is 0 Å². The second-order valence-corrected chi connectivity index (χ2v) is 6.55. The largest absolute Gasteiger partial charge is 0.459 e. The number of benzene rings is 2. The van der Waals surface area contributed by atoms with Crippen LogP contribution in [0.2, 0.25) is 0 Å². The number of amides is 1. The van der Waals surface area contributed by atoms with Crippen molar-refractivity contribution in [1.82, 2.24) is 5.32 Å². The minimum absolute atomic E-state index is 0.0212. The SMILES string of the molecule is CC(C)C[C@@H](NC(=O)c1ccccc1)C(=O)OCc1ccc([N+](=O)[O-])cc1. The summed E-state index contributed by atoms with van der Waals surface area (Å²) in [6.45, 7) is 3.88. The van der Waals surface area contributed by atoms with Crippen molar-refractivity contribution in [2.24, 2.45) is 5.92 Å². The van der Waals surface area contributed by atoms with Gasteiger partial charge in [-0.3, -0.25) is 14.9 Å². The highest BCUT2D eigenvalue weighted by molar-refractivity contribution is 5.96. The molecule has 27 heavy (non-hydrogen) atoms. The maximum Gasteiger partial charge on any atom is 0.328 e. The summed E-state index contributed by atoms with van der Waals surface area (Å²) in [5, 5.41) is 13.4. The van der Waals surface area contributed by atoms with Crippen LogP contribution < -0.4 is 5.32 Å². The van der Waals surface area contributed by atoms with Crippen molar-refractivity contribution in [3.8, 4) is 0 Å². The first-order valence-electron chi connectivity index (χ1n) is 8.62. The Morgan fingerprint density at radius 2 is 1.70 bits per heavy atom. The van der Waals surface area contributed by atoms with Gasteiger partial charge in [0.25, 0.3) is 11.6 Å². The minimum atomic E-state index is -0.768. The van der Waals surface area contributed by atoms with Gasteiger partial charge in [-0.1, -0.05) is 32.0 Å². The van der Waals surface area contributed by atoms with E-state index in [4.69, 9.17) is 4.74 Å². The third-order valence-corrected chi connectivity index (χ3v) is 3.86. The van der Waals surface area contributed by atoms with E-state index in [1.165, 1.54) is 24.3 Å². The number of carbonyl (C=O) groups is 2. The Kier molecular flexibility index (Phi) is 7.05. The molecule has 0 aromatic heterocycles. The average Bonchev–Trinajstić information content (AvgIpc) is 2.66. The number of hydrogen-bond acceptors (Lipinski definition) is 5. The predicted octanol–water partition coefficient (Wildman–Crippen LogP) is 3.48. The lowest BCUT2D eigenvalue weighted by molar-refractivity contribution is -0.384. The molecule has 1 amide bonds. The van der Waals surface area contributed by atoms with Gasteiger partial charge in [0, 0.05) is 17.7 Å². The van der Waals surface area contributed by atoms with Crippen molar-refractivity contribution in [2.45, 2.75) is 32.9 Å². The van der Waals surface area contributed by atoms with Crippen molar-refractivity contribution < 1.29 is 19.2 Å². The molecule has 0 bridgehead atoms. The van der Waals surface area contributed by atoms with Gasteiger partial charge in [-0.15, -0.1) is 0 Å². The number of nitrogens with zero attached hydrogens (tertiary/aromatic N) is 1. The number of nitro benzene ring substituents is 1. The summed E-state index contributed by atoms with van der Waals surface area (Å²) < 4.78 is 5.30. The quantitative estimate of drug-likeness (QED) is 0.436. The Bertz CT molecular complexity index is 788. The summed E-state index contributed by atoms with van der Waals surface area (Å²) >= 11 is 0. The van der Waals surface area contributed by atoms with Gasteiger partial charge in [-0.25, -0.2) is 4.79 Å². The average molecular weight is 370 g/mol. The van der Waals surface area contributed by atoms with Gasteiger partial charge in [0.05, 0.1) is 4.92 Å². The molecule has 0 radical (unpaired) electrons. The Morgan fingerprint density at radius 1 is 1.07 bits per heavy atom. The minimum Gasteiger partial charge on any atom is -0.459 e. The lowest BCUT2D eigenvalue weighted by Gasteiger charge is -2.19. The fourth-order valence-electron chi connectivity index (χ4n) is 2.49. The Hall–Kier alpha value is -3.22. The monoisotopic (exact) mass is 370 g/mol. The van der Waals surface area contributed by atoms with Crippen LogP contribution >= 0.6 is 0 Å². The Balaban J connectivity index is 1.99. The fourth-order valence-corrected chi connectivity index (χ4v) is 2.49. The maximum absolute atomic E-state index is 12.4. The first-order valence-corrected chi connectivity index (χ1v) is 8.62. The van der Waals surface area contributed by atoms with Crippen molar-refractivity contribution >= 4 is 17.6 Å². The van der Waals surface area contributed by atoms with Crippen molar-refractivity contribution in [3.05, 3.63) is 75.8 Å². The van der Waals surface area contributed by atoms with Crippen LogP contribution in [0.4, 0.5) is 5.69 Å². The van der Waals surface area contributed by atoms with E-state index < -0.39 is 16.9 Å². The maximum atomic E-state index is 12.4. The summed E-state index contributed by atoms with van der Waals surface area (Å²) in [5.41, 5.74) is 1.07. The summed E-state index contributed by atoms with van der Waals surface area (Å²) in [6, 6.07) is 13.7. The molecule has 0 saturated heterocycles. The molecule has 0 spiro atoms. The van der Waals surface area contributed by atoms with Gasteiger partial charge in [0.2, 0.25) is 0 Å². The van der Waals surface area contributed by atoms with E-state index in [-0.39, 0.29) is 24.1 Å². The molecule has 2 aromatic rings. The van der Waals surface area contributed by atoms with Crippen LogP contribution in [0, 0.1) is 16.0 Å². The highest BCUT2D eigenvalue weighted by Gasteiger charge is 2.24. The zero-order valence-corrected chi connectivity index (χ0v) is 15.3. The first-order chi connectivity index (χ1) is 12.9. The van der Waals surface area contributed by atoms with Crippen LogP contribution in [0.15, 0.2) is 54.6 Å². The first kappa shape index (κ1) is 20.1. The molecule has 1 N–H and O–H groups in total. The Morgan fingerprint density at radius 3 is 2.26 bits per heavy atom. The molecule has 7 heteroatoms. The van der Waals surface area contributed by atoms with Gasteiger partial charge in [-0.2, -0.15) is 0 Å². The molecule has 2 aromatic carbocycles. The number of rotatable bonds is 8. The zero-order chi connectivity index (χ0) is 19.8. The molecule has 0 fully saturated rings. The van der Waals surface area contributed by atoms with E-state index in [1.807, 2.05) is 13.8 Å². The molecule has 0 aliphatic carbocycles. The summed E-state index contributed by atoms with van der Waals surface area (Å²) in [4.78, 5) is 35.0. The smallest absolute Gasteiger partial charge is 0.328 e. The normalized spacial score (nSPS) is 11.7. The molecular formula is C20H22N2O5. The van der Waals surface area contributed by atoms with Gasteiger partial charge in [0.15, 0.2) is 0 Å².